The molecule has 0 spiro atoms. The van der Waals surface area contributed by atoms with Crippen molar-refractivity contribution >= 4 is 22.0 Å². The van der Waals surface area contributed by atoms with Crippen LogP contribution < -0.4 is 15.1 Å². The molecule has 2 rings (SSSR count). The molecule has 22 heavy (non-hydrogen) atoms. The number of hydroxylamine groups is 1. The van der Waals surface area contributed by atoms with Crippen LogP contribution in [0.3, 0.4) is 0 Å². The Hall–Kier alpha value is -2.22. The standard InChI is InChI=1S/C14H9BrF3NO3/c15-10-6-9(14(16,17)18)7-12(8-10)22-19-13(20)21-11-4-2-1-3-5-11/h1-8H,(H,19,20). The molecule has 0 aromatic heterocycles. The lowest BCUT2D eigenvalue weighted by molar-refractivity contribution is -0.137. The Morgan fingerprint density at radius 1 is 1.05 bits per heavy atom. The number of rotatable bonds is 3. The summed E-state index contributed by atoms with van der Waals surface area (Å²) in [6.45, 7) is 0. The van der Waals surface area contributed by atoms with E-state index in [1.165, 1.54) is 6.07 Å². The molecule has 0 heterocycles. The first-order valence-corrected chi connectivity index (χ1v) is 6.71. The van der Waals surface area contributed by atoms with E-state index >= 15 is 0 Å². The van der Waals surface area contributed by atoms with Gasteiger partial charge >= 0.3 is 12.3 Å². The van der Waals surface area contributed by atoms with Crippen molar-refractivity contribution in [3.63, 3.8) is 0 Å². The van der Waals surface area contributed by atoms with Crippen LogP contribution in [0.15, 0.2) is 53.0 Å². The monoisotopic (exact) mass is 375 g/mol. The van der Waals surface area contributed by atoms with Crippen LogP contribution >= 0.6 is 15.9 Å². The summed E-state index contributed by atoms with van der Waals surface area (Å²) in [5.74, 6) is 0.0838. The predicted molar refractivity (Wildman–Crippen MR) is 75.4 cm³/mol. The maximum atomic E-state index is 12.6. The van der Waals surface area contributed by atoms with Gasteiger partial charge in [-0.05, 0) is 30.3 Å². The molecule has 0 fully saturated rings. The Balaban J connectivity index is 1.99. The van der Waals surface area contributed by atoms with Gasteiger partial charge in [-0.1, -0.05) is 34.1 Å². The SMILES string of the molecule is O=C(NOc1cc(Br)cc(C(F)(F)F)c1)Oc1ccccc1. The van der Waals surface area contributed by atoms with Gasteiger partial charge in [0.15, 0.2) is 5.75 Å². The van der Waals surface area contributed by atoms with E-state index < -0.39 is 17.8 Å². The van der Waals surface area contributed by atoms with E-state index in [0.717, 1.165) is 12.1 Å². The van der Waals surface area contributed by atoms with Crippen molar-refractivity contribution in [1.82, 2.24) is 5.48 Å². The predicted octanol–water partition coefficient (Wildman–Crippen LogP) is 4.55. The molecule has 1 amide bonds. The van der Waals surface area contributed by atoms with Gasteiger partial charge in [-0.3, -0.25) is 0 Å². The van der Waals surface area contributed by atoms with Gasteiger partial charge in [-0.2, -0.15) is 18.7 Å². The molecule has 1 N–H and O–H groups in total. The normalized spacial score (nSPS) is 10.9. The fourth-order valence-corrected chi connectivity index (χ4v) is 1.97. The number of nitrogens with one attached hydrogen (secondary N) is 1. The topological polar surface area (TPSA) is 47.6 Å². The third-order valence-corrected chi connectivity index (χ3v) is 2.86. The van der Waals surface area contributed by atoms with Gasteiger partial charge < -0.3 is 9.57 Å². The highest BCUT2D eigenvalue weighted by Crippen LogP contribution is 2.33. The van der Waals surface area contributed by atoms with Crippen LogP contribution in [0, 0.1) is 0 Å². The average molecular weight is 376 g/mol. The third kappa shape index (κ3) is 4.66. The molecule has 0 saturated carbocycles. The van der Waals surface area contributed by atoms with Crippen molar-refractivity contribution in [2.45, 2.75) is 6.18 Å². The third-order valence-electron chi connectivity index (χ3n) is 2.40. The quantitative estimate of drug-likeness (QED) is 0.800. The van der Waals surface area contributed by atoms with E-state index in [9.17, 15) is 18.0 Å². The summed E-state index contributed by atoms with van der Waals surface area (Å²) in [6.07, 6.45) is -5.48. The molecule has 0 aliphatic rings. The molecule has 0 bridgehead atoms. The van der Waals surface area contributed by atoms with E-state index in [-0.39, 0.29) is 16.0 Å². The first-order valence-electron chi connectivity index (χ1n) is 5.92. The number of alkyl halides is 3. The second kappa shape index (κ2) is 6.69. The Morgan fingerprint density at radius 2 is 1.73 bits per heavy atom. The summed E-state index contributed by atoms with van der Waals surface area (Å²) < 4.78 is 43.0. The Labute approximate surface area is 131 Å². The summed E-state index contributed by atoms with van der Waals surface area (Å²) >= 11 is 2.94. The highest BCUT2D eigenvalue weighted by molar-refractivity contribution is 9.10. The molecule has 0 unspecified atom stereocenters. The number of carbonyl (C=O) groups is 1. The summed E-state index contributed by atoms with van der Waals surface area (Å²) in [4.78, 5) is 16.3. The lowest BCUT2D eigenvalue weighted by Crippen LogP contribution is -2.30. The minimum Gasteiger partial charge on any atom is -0.408 e. The number of carbonyl (C=O) groups excluding carboxylic acids is 1. The van der Waals surface area contributed by atoms with E-state index in [2.05, 4.69) is 15.9 Å². The molecule has 2 aromatic carbocycles. The van der Waals surface area contributed by atoms with Gasteiger partial charge in [0.05, 0.1) is 5.56 Å². The van der Waals surface area contributed by atoms with E-state index in [1.54, 1.807) is 30.3 Å². The lowest BCUT2D eigenvalue weighted by Gasteiger charge is -2.11. The number of amides is 1. The van der Waals surface area contributed by atoms with Crippen molar-refractivity contribution < 1.29 is 27.5 Å². The van der Waals surface area contributed by atoms with Crippen LogP contribution in [0.25, 0.3) is 0 Å². The first kappa shape index (κ1) is 16.2. The minimum atomic E-state index is -4.52. The maximum Gasteiger partial charge on any atom is 0.446 e. The Morgan fingerprint density at radius 3 is 2.36 bits per heavy atom. The maximum absolute atomic E-state index is 12.6. The molecule has 4 nitrogen and oxygen atoms in total. The van der Waals surface area contributed by atoms with Crippen LogP contribution in [-0.4, -0.2) is 6.09 Å². The van der Waals surface area contributed by atoms with Crippen LogP contribution in [0.2, 0.25) is 0 Å². The smallest absolute Gasteiger partial charge is 0.408 e. The minimum absolute atomic E-state index is 0.163. The summed E-state index contributed by atoms with van der Waals surface area (Å²) in [5.41, 5.74) is 0.997. The highest BCUT2D eigenvalue weighted by atomic mass is 79.9. The lowest BCUT2D eigenvalue weighted by atomic mass is 10.2. The summed E-state index contributed by atoms with van der Waals surface area (Å²) in [7, 11) is 0. The van der Waals surface area contributed by atoms with E-state index in [0.29, 0.717) is 0 Å². The number of para-hydroxylation sites is 1. The molecule has 0 saturated heterocycles. The van der Waals surface area contributed by atoms with Gasteiger partial charge in [0.2, 0.25) is 0 Å². The van der Waals surface area contributed by atoms with E-state index in [1.807, 2.05) is 5.48 Å². The molecule has 0 aliphatic heterocycles. The first-order chi connectivity index (χ1) is 10.3. The molecule has 0 atom stereocenters. The molecular weight excluding hydrogens is 367 g/mol. The summed E-state index contributed by atoms with van der Waals surface area (Å²) in [6, 6.07) is 11.1. The van der Waals surface area contributed by atoms with Gasteiger partial charge in [-0.25, -0.2) is 4.79 Å². The zero-order chi connectivity index (χ0) is 16.2. The van der Waals surface area contributed by atoms with Crippen molar-refractivity contribution in [2.75, 3.05) is 0 Å². The van der Waals surface area contributed by atoms with Gasteiger partial charge in [0.1, 0.15) is 5.75 Å². The molecule has 8 heteroatoms. The molecule has 0 radical (unpaired) electrons. The fraction of sp³-hybridized carbons (Fsp3) is 0.0714. The van der Waals surface area contributed by atoms with Crippen LogP contribution in [0.1, 0.15) is 5.56 Å². The van der Waals surface area contributed by atoms with Crippen LogP contribution in [0.4, 0.5) is 18.0 Å². The average Bonchev–Trinajstić information content (AvgIpc) is 2.45. The molecular formula is C14H9BrF3NO3. The Bertz CT molecular complexity index is 662. The fourth-order valence-electron chi connectivity index (χ4n) is 1.50. The van der Waals surface area contributed by atoms with Crippen molar-refractivity contribution in [1.29, 1.82) is 0 Å². The molecule has 2 aromatic rings. The zero-order valence-corrected chi connectivity index (χ0v) is 12.4. The van der Waals surface area contributed by atoms with Crippen LogP contribution in [-0.2, 0) is 6.18 Å². The van der Waals surface area contributed by atoms with Gasteiger partial charge in [0.25, 0.3) is 0 Å². The molecule has 0 aliphatic carbocycles. The van der Waals surface area contributed by atoms with Crippen molar-refractivity contribution in [3.05, 3.63) is 58.6 Å². The zero-order valence-electron chi connectivity index (χ0n) is 10.9. The number of ether oxygens (including phenoxy) is 1. The number of hydrogen-bond acceptors (Lipinski definition) is 3. The van der Waals surface area contributed by atoms with Gasteiger partial charge in [-0.15, -0.1) is 0 Å². The number of benzene rings is 2. The highest BCUT2D eigenvalue weighted by Gasteiger charge is 2.31. The number of hydrogen-bond donors (Lipinski definition) is 1. The second-order valence-corrected chi connectivity index (χ2v) is 5.00. The Kier molecular flexibility index (Phi) is 4.92. The molecule has 116 valence electrons. The van der Waals surface area contributed by atoms with Crippen molar-refractivity contribution in [2.24, 2.45) is 0 Å². The second-order valence-electron chi connectivity index (χ2n) is 4.08. The van der Waals surface area contributed by atoms with Gasteiger partial charge in [0, 0.05) is 4.47 Å². The van der Waals surface area contributed by atoms with E-state index in [4.69, 9.17) is 9.57 Å². The van der Waals surface area contributed by atoms with Crippen LogP contribution in [0.5, 0.6) is 11.5 Å². The van der Waals surface area contributed by atoms with Crippen molar-refractivity contribution in [3.8, 4) is 11.5 Å². The summed E-state index contributed by atoms with van der Waals surface area (Å²) in [5, 5.41) is 0. The largest absolute Gasteiger partial charge is 0.446 e. The number of halogens is 4.